The highest BCUT2D eigenvalue weighted by atomic mass is 16.5. The van der Waals surface area contributed by atoms with E-state index in [9.17, 15) is 4.79 Å². The van der Waals surface area contributed by atoms with Crippen LogP contribution in [-0.4, -0.2) is 74.3 Å². The molecule has 1 amide bonds. The van der Waals surface area contributed by atoms with Crippen LogP contribution in [0.15, 0.2) is 24.4 Å². The maximum absolute atomic E-state index is 12.9. The standard InChI is InChI=1S/C26H37N7O2/c1-19-7-12-33(13-8-19)22-17-20(26(9-15-35-16-10-26)29-11-14-32(3)4)5-6-21(22)30-25(34)24-28-18-23(27-2)31-24/h5-6,17-19,29H,7-16H2,1,3-4H3,(H,28,31)(H,30,34). The molecule has 2 aromatic rings. The molecule has 9 nitrogen and oxygen atoms in total. The van der Waals surface area contributed by atoms with E-state index in [0.717, 1.165) is 76.5 Å². The summed E-state index contributed by atoms with van der Waals surface area (Å²) in [4.78, 5) is 27.6. The fourth-order valence-electron chi connectivity index (χ4n) is 4.92. The van der Waals surface area contributed by atoms with Gasteiger partial charge >= 0.3 is 5.91 Å². The lowest BCUT2D eigenvalue weighted by Gasteiger charge is -2.40. The van der Waals surface area contributed by atoms with Crippen molar-refractivity contribution < 1.29 is 9.53 Å². The molecule has 188 valence electrons. The van der Waals surface area contributed by atoms with Crippen LogP contribution < -0.4 is 15.5 Å². The van der Waals surface area contributed by atoms with E-state index in [1.54, 1.807) is 0 Å². The van der Waals surface area contributed by atoms with Gasteiger partial charge in [-0.3, -0.25) is 9.78 Å². The van der Waals surface area contributed by atoms with Crippen LogP contribution in [0.3, 0.4) is 0 Å². The molecule has 3 N–H and O–H groups in total. The number of likely N-dealkylation sites (N-methyl/N-ethyl adjacent to an activating group) is 1. The Labute approximate surface area is 208 Å². The molecule has 2 saturated heterocycles. The van der Waals surface area contributed by atoms with E-state index in [2.05, 4.69) is 68.4 Å². The number of anilines is 2. The molecule has 35 heavy (non-hydrogen) atoms. The van der Waals surface area contributed by atoms with Gasteiger partial charge in [-0.05, 0) is 63.4 Å². The Bertz CT molecular complexity index is 1040. The van der Waals surface area contributed by atoms with Crippen LogP contribution in [0.2, 0.25) is 0 Å². The number of carbonyl (C=O) groups excluding carboxylic acids is 1. The Morgan fingerprint density at radius 2 is 2.06 bits per heavy atom. The third-order valence-electron chi connectivity index (χ3n) is 7.19. The number of rotatable bonds is 8. The van der Waals surface area contributed by atoms with Crippen LogP contribution in [0.4, 0.5) is 17.2 Å². The molecular formula is C26H37N7O2. The number of imidazole rings is 1. The summed E-state index contributed by atoms with van der Waals surface area (Å²) in [5, 5.41) is 6.89. The van der Waals surface area contributed by atoms with Gasteiger partial charge in [0.15, 0.2) is 0 Å². The van der Waals surface area contributed by atoms with Crippen molar-refractivity contribution in [3.63, 3.8) is 0 Å². The number of aromatic amines is 1. The molecule has 1 aromatic carbocycles. The maximum atomic E-state index is 12.9. The van der Waals surface area contributed by atoms with Gasteiger partial charge in [-0.15, -0.1) is 0 Å². The molecule has 0 saturated carbocycles. The summed E-state index contributed by atoms with van der Waals surface area (Å²) >= 11 is 0. The molecule has 0 aliphatic carbocycles. The molecule has 0 radical (unpaired) electrons. The first-order valence-electron chi connectivity index (χ1n) is 12.5. The summed E-state index contributed by atoms with van der Waals surface area (Å²) in [6.45, 7) is 14.6. The van der Waals surface area contributed by atoms with Crippen molar-refractivity contribution in [1.29, 1.82) is 0 Å². The zero-order chi connectivity index (χ0) is 24.8. The van der Waals surface area contributed by atoms with Gasteiger partial charge in [-0.2, -0.15) is 0 Å². The minimum Gasteiger partial charge on any atom is -0.381 e. The van der Waals surface area contributed by atoms with Crippen molar-refractivity contribution in [2.45, 2.75) is 38.1 Å². The van der Waals surface area contributed by atoms with Gasteiger partial charge in [0.25, 0.3) is 5.82 Å². The third kappa shape index (κ3) is 6.01. The Hall–Kier alpha value is -2.93. The molecule has 4 rings (SSSR count). The minimum absolute atomic E-state index is 0.143. The zero-order valence-electron chi connectivity index (χ0n) is 21.1. The number of nitrogens with one attached hydrogen (secondary N) is 3. The van der Waals surface area contributed by atoms with Gasteiger partial charge in [0, 0.05) is 44.9 Å². The molecule has 9 heteroatoms. The van der Waals surface area contributed by atoms with E-state index in [0.29, 0.717) is 5.92 Å². The van der Waals surface area contributed by atoms with Crippen molar-refractivity contribution in [3.8, 4) is 0 Å². The summed E-state index contributed by atoms with van der Waals surface area (Å²) in [5.41, 5.74) is 2.89. The van der Waals surface area contributed by atoms with Crippen LogP contribution in [0.5, 0.6) is 0 Å². The lowest BCUT2D eigenvalue weighted by Crippen LogP contribution is -2.48. The van der Waals surface area contributed by atoms with Crippen LogP contribution >= 0.6 is 0 Å². The number of benzene rings is 1. The average Bonchev–Trinajstić information content (AvgIpc) is 3.35. The smallest absolute Gasteiger partial charge is 0.314 e. The number of nitrogens with zero attached hydrogens (tertiary/aromatic N) is 4. The lowest BCUT2D eigenvalue weighted by atomic mass is 9.82. The molecule has 0 unspecified atom stereocenters. The normalized spacial score (nSPS) is 18.4. The second-order valence-corrected chi connectivity index (χ2v) is 10.0. The topological polar surface area (TPSA) is 89.9 Å². The summed E-state index contributed by atoms with van der Waals surface area (Å²) in [6.07, 6.45) is 5.46. The Morgan fingerprint density at radius 1 is 1.31 bits per heavy atom. The van der Waals surface area contributed by atoms with E-state index in [4.69, 9.17) is 11.3 Å². The first kappa shape index (κ1) is 25.2. The van der Waals surface area contributed by atoms with Crippen molar-refractivity contribution >= 4 is 23.1 Å². The third-order valence-corrected chi connectivity index (χ3v) is 7.19. The minimum atomic E-state index is -0.343. The van der Waals surface area contributed by atoms with Gasteiger partial charge in [0.2, 0.25) is 5.82 Å². The molecule has 3 heterocycles. The fraction of sp³-hybridized carbons (Fsp3) is 0.577. The van der Waals surface area contributed by atoms with Crippen molar-refractivity contribution in [1.82, 2.24) is 20.2 Å². The summed E-state index contributed by atoms with van der Waals surface area (Å²) in [6, 6.07) is 6.41. The number of aromatic nitrogens is 2. The number of carbonyl (C=O) groups is 1. The summed E-state index contributed by atoms with van der Waals surface area (Å²) in [5.74, 6) is 0.756. The zero-order valence-corrected chi connectivity index (χ0v) is 21.1. The number of H-pyrrole nitrogens is 1. The molecule has 2 aliphatic heterocycles. The quantitative estimate of drug-likeness (QED) is 0.501. The average molecular weight is 480 g/mol. The fourth-order valence-corrected chi connectivity index (χ4v) is 4.92. The number of ether oxygens (including phenoxy) is 1. The molecular weight excluding hydrogens is 442 g/mol. The highest BCUT2D eigenvalue weighted by molar-refractivity contribution is 6.04. The largest absolute Gasteiger partial charge is 0.381 e. The van der Waals surface area contributed by atoms with Gasteiger partial charge in [0.05, 0.1) is 17.6 Å². The second-order valence-electron chi connectivity index (χ2n) is 10.0. The predicted molar refractivity (Wildman–Crippen MR) is 138 cm³/mol. The second kappa shape index (κ2) is 11.2. The number of amides is 1. The van der Waals surface area contributed by atoms with E-state index < -0.39 is 0 Å². The predicted octanol–water partition coefficient (Wildman–Crippen LogP) is 3.61. The van der Waals surface area contributed by atoms with Gasteiger partial charge in [0.1, 0.15) is 0 Å². The SMILES string of the molecule is [C-]#[N+]c1cnc(C(=O)Nc2ccc(C3(NCCN(C)C)CCOCC3)cc2N2CCC(C)CC2)[nH]1. The number of hydrogen-bond acceptors (Lipinski definition) is 6. The Balaban J connectivity index is 1.65. The van der Waals surface area contributed by atoms with Crippen LogP contribution in [-0.2, 0) is 10.3 Å². The molecule has 0 spiro atoms. The van der Waals surface area contributed by atoms with Crippen molar-refractivity contribution in [3.05, 3.63) is 47.2 Å². The highest BCUT2D eigenvalue weighted by Crippen LogP contribution is 2.38. The summed E-state index contributed by atoms with van der Waals surface area (Å²) in [7, 11) is 4.18. The van der Waals surface area contributed by atoms with Crippen LogP contribution in [0, 0.1) is 12.5 Å². The number of piperidine rings is 1. The highest BCUT2D eigenvalue weighted by Gasteiger charge is 2.35. The van der Waals surface area contributed by atoms with Crippen LogP contribution in [0.25, 0.3) is 4.85 Å². The van der Waals surface area contributed by atoms with Crippen molar-refractivity contribution in [2.24, 2.45) is 5.92 Å². The first-order valence-corrected chi connectivity index (χ1v) is 12.5. The van der Waals surface area contributed by atoms with Gasteiger partial charge in [-0.1, -0.05) is 19.6 Å². The van der Waals surface area contributed by atoms with E-state index in [-0.39, 0.29) is 23.1 Å². The molecule has 1 aromatic heterocycles. The molecule has 2 fully saturated rings. The van der Waals surface area contributed by atoms with Crippen molar-refractivity contribution in [2.75, 3.05) is 63.7 Å². The molecule has 2 aliphatic rings. The maximum Gasteiger partial charge on any atom is 0.314 e. The molecule has 0 bridgehead atoms. The first-order chi connectivity index (χ1) is 16.9. The van der Waals surface area contributed by atoms with Gasteiger partial charge < -0.3 is 30.0 Å². The van der Waals surface area contributed by atoms with E-state index >= 15 is 0 Å². The summed E-state index contributed by atoms with van der Waals surface area (Å²) < 4.78 is 5.72. The lowest BCUT2D eigenvalue weighted by molar-refractivity contribution is 0.0361. The van der Waals surface area contributed by atoms with Gasteiger partial charge in [-0.25, -0.2) is 4.98 Å². The van der Waals surface area contributed by atoms with E-state index in [1.807, 2.05) is 6.07 Å². The molecule has 0 atom stereocenters. The van der Waals surface area contributed by atoms with Crippen LogP contribution in [0.1, 0.15) is 48.8 Å². The monoisotopic (exact) mass is 479 g/mol. The van der Waals surface area contributed by atoms with E-state index in [1.165, 1.54) is 11.8 Å². The Kier molecular flexibility index (Phi) is 8.06. The Morgan fingerprint density at radius 3 is 2.71 bits per heavy atom. The number of hydrogen-bond donors (Lipinski definition) is 3.